The average molecular weight is 558 g/mol. The minimum Gasteiger partial charge on any atom is -0.492 e. The number of carbonyl (C=O) groups is 2. The average Bonchev–Trinajstić information content (AvgIpc) is 3.52. The van der Waals surface area contributed by atoms with Crippen molar-refractivity contribution in [2.45, 2.75) is 31.9 Å². The van der Waals surface area contributed by atoms with Crippen LogP contribution in [-0.2, 0) is 20.9 Å². The van der Waals surface area contributed by atoms with E-state index in [1.165, 1.54) is 4.88 Å². The van der Waals surface area contributed by atoms with Gasteiger partial charge in [-0.25, -0.2) is 9.59 Å². The lowest BCUT2D eigenvalue weighted by atomic mass is 9.94. The number of aryl methyl sites for hydroxylation is 1. The van der Waals surface area contributed by atoms with Crippen molar-refractivity contribution in [1.82, 2.24) is 9.88 Å². The van der Waals surface area contributed by atoms with E-state index in [0.29, 0.717) is 17.9 Å². The van der Waals surface area contributed by atoms with Crippen molar-refractivity contribution in [1.29, 1.82) is 0 Å². The number of hydrogen-bond donors (Lipinski definition) is 2. The number of halogens is 6. The van der Waals surface area contributed by atoms with Crippen LogP contribution in [0.1, 0.15) is 10.6 Å². The van der Waals surface area contributed by atoms with Crippen LogP contribution in [0.2, 0.25) is 0 Å². The van der Waals surface area contributed by atoms with E-state index in [1.54, 1.807) is 6.20 Å². The maximum Gasteiger partial charge on any atom is 0.490 e. The number of hydrogen-bond acceptors (Lipinski definition) is 7. The van der Waals surface area contributed by atoms with Gasteiger partial charge >= 0.3 is 24.3 Å². The lowest BCUT2D eigenvalue weighted by molar-refractivity contribution is -0.193. The van der Waals surface area contributed by atoms with E-state index in [2.05, 4.69) is 27.4 Å². The highest BCUT2D eigenvalue weighted by Gasteiger charge is 2.44. The Hall–Kier alpha value is -2.91. The SMILES string of the molecule is Cc1ccc(OC[C@H]2CO[C@@H]3CN(Cc4cccs4)C[C@H]23)cn1.O=C(O)C(F)(F)F.O=C(O)C(F)(F)F. The molecular formula is C22H24F6N2O6S. The van der Waals surface area contributed by atoms with Crippen LogP contribution in [0.15, 0.2) is 35.8 Å². The van der Waals surface area contributed by atoms with Crippen LogP contribution in [0.25, 0.3) is 0 Å². The van der Waals surface area contributed by atoms with Gasteiger partial charge < -0.3 is 19.7 Å². The molecule has 2 N–H and O–H groups in total. The summed E-state index contributed by atoms with van der Waals surface area (Å²) in [7, 11) is 0. The molecule has 2 aromatic rings. The predicted molar refractivity (Wildman–Crippen MR) is 118 cm³/mol. The van der Waals surface area contributed by atoms with Crippen molar-refractivity contribution < 1.29 is 55.6 Å². The first-order chi connectivity index (χ1) is 17.2. The molecule has 0 spiro atoms. The molecule has 2 saturated heterocycles. The molecule has 0 amide bonds. The molecule has 0 radical (unpaired) electrons. The van der Waals surface area contributed by atoms with E-state index in [1.807, 2.05) is 30.4 Å². The molecule has 0 bridgehead atoms. The molecule has 2 aliphatic heterocycles. The number of pyridine rings is 1. The minimum absolute atomic E-state index is 0.375. The Kier molecular flexibility index (Phi) is 10.7. The first-order valence-electron chi connectivity index (χ1n) is 10.7. The molecule has 0 aromatic carbocycles. The number of alkyl halides is 6. The van der Waals surface area contributed by atoms with Gasteiger partial charge in [0, 0.05) is 42.0 Å². The normalized spacial score (nSPS) is 21.2. The first kappa shape index (κ1) is 30.3. The van der Waals surface area contributed by atoms with Gasteiger partial charge in [0.1, 0.15) is 5.75 Å². The smallest absolute Gasteiger partial charge is 0.490 e. The number of ether oxygens (including phenoxy) is 2. The summed E-state index contributed by atoms with van der Waals surface area (Å²) in [6.45, 7) is 6.73. The molecule has 3 atom stereocenters. The van der Waals surface area contributed by atoms with Gasteiger partial charge in [-0.2, -0.15) is 26.3 Å². The largest absolute Gasteiger partial charge is 0.492 e. The molecule has 0 unspecified atom stereocenters. The zero-order chi connectivity index (χ0) is 27.8. The van der Waals surface area contributed by atoms with E-state index >= 15 is 0 Å². The van der Waals surface area contributed by atoms with Crippen LogP contribution in [0.3, 0.4) is 0 Å². The number of aliphatic carboxylic acids is 2. The quantitative estimate of drug-likeness (QED) is 0.525. The number of rotatable bonds is 5. The van der Waals surface area contributed by atoms with Gasteiger partial charge in [0.25, 0.3) is 0 Å². The second-order valence-electron chi connectivity index (χ2n) is 8.12. The fraction of sp³-hybridized carbons (Fsp3) is 0.500. The van der Waals surface area contributed by atoms with Crippen molar-refractivity contribution in [2.24, 2.45) is 11.8 Å². The predicted octanol–water partition coefficient (Wildman–Crippen LogP) is 4.24. The van der Waals surface area contributed by atoms with Gasteiger partial charge in [0.2, 0.25) is 0 Å². The van der Waals surface area contributed by atoms with Gasteiger partial charge in [0.15, 0.2) is 0 Å². The van der Waals surface area contributed by atoms with Crippen LogP contribution >= 0.6 is 11.3 Å². The molecule has 0 saturated carbocycles. The summed E-state index contributed by atoms with van der Waals surface area (Å²) in [6, 6.07) is 8.32. The summed E-state index contributed by atoms with van der Waals surface area (Å²) >= 11 is 1.83. The molecule has 206 valence electrons. The minimum atomic E-state index is -5.08. The Bertz CT molecular complexity index is 977. The summed E-state index contributed by atoms with van der Waals surface area (Å²) in [5.41, 5.74) is 1.02. The van der Waals surface area contributed by atoms with Gasteiger partial charge in [-0.05, 0) is 30.5 Å². The van der Waals surface area contributed by atoms with E-state index in [-0.39, 0.29) is 0 Å². The highest BCUT2D eigenvalue weighted by molar-refractivity contribution is 7.09. The van der Waals surface area contributed by atoms with Gasteiger partial charge in [-0.1, -0.05) is 6.07 Å². The summed E-state index contributed by atoms with van der Waals surface area (Å²) < 4.78 is 75.4. The fourth-order valence-electron chi connectivity index (χ4n) is 3.55. The van der Waals surface area contributed by atoms with E-state index < -0.39 is 24.3 Å². The monoisotopic (exact) mass is 558 g/mol. The van der Waals surface area contributed by atoms with Crippen molar-refractivity contribution in [3.8, 4) is 5.75 Å². The maximum absolute atomic E-state index is 10.6. The first-order valence-corrected chi connectivity index (χ1v) is 11.6. The third kappa shape index (κ3) is 10.2. The van der Waals surface area contributed by atoms with Crippen molar-refractivity contribution in [3.63, 3.8) is 0 Å². The molecule has 4 rings (SSSR count). The van der Waals surface area contributed by atoms with Crippen LogP contribution in [0.4, 0.5) is 26.3 Å². The number of aromatic nitrogens is 1. The third-order valence-corrected chi connectivity index (χ3v) is 6.17. The number of fused-ring (bicyclic) bond motifs is 1. The van der Waals surface area contributed by atoms with Crippen molar-refractivity contribution in [2.75, 3.05) is 26.3 Å². The number of thiophene rings is 1. The zero-order valence-electron chi connectivity index (χ0n) is 19.3. The fourth-order valence-corrected chi connectivity index (χ4v) is 4.29. The Morgan fingerprint density at radius 1 is 1.11 bits per heavy atom. The second kappa shape index (κ2) is 13.1. The number of carboxylic acids is 2. The van der Waals surface area contributed by atoms with Gasteiger partial charge in [-0.3, -0.25) is 9.88 Å². The molecule has 0 aliphatic carbocycles. The Morgan fingerprint density at radius 2 is 1.73 bits per heavy atom. The highest BCUT2D eigenvalue weighted by atomic mass is 32.1. The summed E-state index contributed by atoms with van der Waals surface area (Å²) in [5, 5.41) is 16.4. The molecule has 37 heavy (non-hydrogen) atoms. The molecular weight excluding hydrogens is 534 g/mol. The van der Waals surface area contributed by atoms with E-state index in [9.17, 15) is 26.3 Å². The summed E-state index contributed by atoms with van der Waals surface area (Å²) in [5.74, 6) is -3.59. The molecule has 2 fully saturated rings. The standard InChI is InChI=1S/C18H22N2O2S.2C2HF3O2/c1-13-4-5-15(7-19-13)21-11-14-12-22-18-10-20(9-17(14)18)8-16-3-2-6-23-16;2*3-2(4,5)1(6)7/h2-7,14,17-18H,8-12H2,1H3;2*(H,6,7)/t14-,17+,18+;;/m0../s1. The van der Waals surface area contributed by atoms with Crippen LogP contribution in [-0.4, -0.2) is 76.8 Å². The lowest BCUT2D eigenvalue weighted by Gasteiger charge is -2.19. The van der Waals surface area contributed by atoms with E-state index in [0.717, 1.165) is 44.3 Å². The van der Waals surface area contributed by atoms with E-state index in [4.69, 9.17) is 29.3 Å². The molecule has 8 nitrogen and oxygen atoms in total. The Balaban J connectivity index is 0.000000286. The Labute approximate surface area is 211 Å². The lowest BCUT2D eigenvalue weighted by Crippen LogP contribution is -2.26. The molecule has 4 heterocycles. The van der Waals surface area contributed by atoms with Crippen LogP contribution < -0.4 is 4.74 Å². The zero-order valence-corrected chi connectivity index (χ0v) is 20.1. The van der Waals surface area contributed by atoms with Crippen molar-refractivity contribution in [3.05, 3.63) is 46.4 Å². The third-order valence-electron chi connectivity index (χ3n) is 5.31. The van der Waals surface area contributed by atoms with Crippen LogP contribution in [0, 0.1) is 18.8 Å². The maximum atomic E-state index is 10.6. The van der Waals surface area contributed by atoms with Gasteiger partial charge in [-0.15, -0.1) is 11.3 Å². The Morgan fingerprint density at radius 3 is 2.22 bits per heavy atom. The summed E-state index contributed by atoms with van der Waals surface area (Å²) in [4.78, 5) is 26.0. The highest BCUT2D eigenvalue weighted by Crippen LogP contribution is 2.35. The molecule has 15 heteroatoms. The topological polar surface area (TPSA) is 109 Å². The van der Waals surface area contributed by atoms with Crippen LogP contribution in [0.5, 0.6) is 5.75 Å². The van der Waals surface area contributed by atoms with Gasteiger partial charge in [0.05, 0.1) is 25.5 Å². The number of likely N-dealkylation sites (tertiary alicyclic amines) is 1. The number of nitrogens with zero attached hydrogens (tertiary/aromatic N) is 2. The summed E-state index contributed by atoms with van der Waals surface area (Å²) in [6.07, 6.45) is -7.99. The van der Waals surface area contributed by atoms with Crippen molar-refractivity contribution >= 4 is 23.3 Å². The molecule has 2 aliphatic rings. The molecule has 2 aromatic heterocycles. The number of carboxylic acid groups (broad SMARTS) is 2. The second-order valence-corrected chi connectivity index (χ2v) is 9.15.